The number of halogens is 3. The van der Waals surface area contributed by atoms with Gasteiger partial charge in [0.2, 0.25) is 0 Å². The van der Waals surface area contributed by atoms with Crippen molar-refractivity contribution in [2.45, 2.75) is 10.3 Å². The van der Waals surface area contributed by atoms with Gasteiger partial charge in [0.1, 0.15) is 4.33 Å². The van der Waals surface area contributed by atoms with Gasteiger partial charge < -0.3 is 5.11 Å². The maximum absolute atomic E-state index is 10.9. The van der Waals surface area contributed by atoms with Gasteiger partial charge in [-0.25, -0.2) is 0 Å². The summed E-state index contributed by atoms with van der Waals surface area (Å²) in [5.41, 5.74) is 0.849. The monoisotopic (exact) mass is 308 g/mol. The highest BCUT2D eigenvalue weighted by Gasteiger charge is 2.68. The second kappa shape index (κ2) is 3.65. The van der Waals surface area contributed by atoms with Crippen LogP contribution in [-0.4, -0.2) is 15.4 Å². The van der Waals surface area contributed by atoms with Crippen molar-refractivity contribution in [1.29, 1.82) is 0 Å². The zero-order valence-electron chi connectivity index (χ0n) is 7.45. The molecule has 0 saturated heterocycles. The summed E-state index contributed by atoms with van der Waals surface area (Å²) in [5.74, 6) is -1.99. The van der Waals surface area contributed by atoms with Crippen LogP contribution in [0.3, 0.4) is 0 Å². The number of hydrogen-bond acceptors (Lipinski definition) is 1. The van der Waals surface area contributed by atoms with Crippen molar-refractivity contribution in [3.8, 4) is 0 Å². The molecule has 1 aliphatic carbocycles. The van der Waals surface area contributed by atoms with Crippen molar-refractivity contribution in [3.05, 3.63) is 34.3 Å². The molecule has 0 aromatic heterocycles. The van der Waals surface area contributed by atoms with E-state index in [1.807, 2.05) is 24.3 Å². The average Bonchev–Trinajstić information content (AvgIpc) is 2.69. The molecule has 1 N–H and O–H groups in total. The van der Waals surface area contributed by atoms with Crippen molar-refractivity contribution < 1.29 is 9.90 Å². The van der Waals surface area contributed by atoms with Gasteiger partial charge in [-0.2, -0.15) is 0 Å². The molecule has 2 unspecified atom stereocenters. The number of carbonyl (C=O) groups is 1. The third-order valence-electron chi connectivity index (χ3n) is 2.53. The molecular weight excluding hydrogens is 303 g/mol. The van der Waals surface area contributed by atoms with Crippen molar-refractivity contribution in [3.63, 3.8) is 0 Å². The number of aliphatic carboxylic acids is 1. The third-order valence-corrected chi connectivity index (χ3v) is 3.96. The fourth-order valence-corrected chi connectivity index (χ4v) is 2.98. The Balaban J connectivity index is 2.31. The maximum Gasteiger partial charge on any atom is 0.310 e. The Hall–Kier alpha value is -0.250. The topological polar surface area (TPSA) is 37.3 Å². The predicted octanol–water partition coefficient (Wildman–Crippen LogP) is 3.42. The lowest BCUT2D eigenvalue weighted by Crippen LogP contribution is -2.03. The lowest BCUT2D eigenvalue weighted by atomic mass is 10.1. The van der Waals surface area contributed by atoms with Gasteiger partial charge >= 0.3 is 5.97 Å². The first-order valence-electron chi connectivity index (χ1n) is 4.30. The summed E-state index contributed by atoms with van der Waals surface area (Å²) in [6.07, 6.45) is 0. The summed E-state index contributed by atoms with van der Waals surface area (Å²) in [4.78, 5) is 10.9. The van der Waals surface area contributed by atoms with Gasteiger partial charge in [0.05, 0.1) is 5.92 Å². The molecule has 0 heterocycles. The minimum absolute atomic E-state index is 0.323. The third kappa shape index (κ3) is 1.88. The van der Waals surface area contributed by atoms with E-state index in [1.165, 1.54) is 0 Å². The highest BCUT2D eigenvalue weighted by atomic mass is 79.9. The molecule has 0 aliphatic heterocycles. The Bertz CT molecular complexity index is 420. The summed E-state index contributed by atoms with van der Waals surface area (Å²) in [6, 6.07) is 7.37. The summed E-state index contributed by atoms with van der Waals surface area (Å²) in [7, 11) is 0. The molecular formula is C10H7BrCl2O2. The lowest BCUT2D eigenvalue weighted by Gasteiger charge is -2.00. The van der Waals surface area contributed by atoms with Crippen LogP contribution in [0.4, 0.5) is 0 Å². The molecule has 2 atom stereocenters. The smallest absolute Gasteiger partial charge is 0.310 e. The molecule has 1 saturated carbocycles. The Morgan fingerprint density at radius 3 is 2.60 bits per heavy atom. The lowest BCUT2D eigenvalue weighted by molar-refractivity contribution is -0.138. The molecule has 1 fully saturated rings. The highest BCUT2D eigenvalue weighted by molar-refractivity contribution is 9.10. The molecule has 15 heavy (non-hydrogen) atoms. The Morgan fingerprint density at radius 2 is 2.13 bits per heavy atom. The van der Waals surface area contributed by atoms with E-state index in [2.05, 4.69) is 15.9 Å². The highest BCUT2D eigenvalue weighted by Crippen LogP contribution is 2.65. The first-order chi connectivity index (χ1) is 6.94. The number of benzene rings is 1. The normalized spacial score (nSPS) is 27.4. The molecule has 1 aliphatic rings. The van der Waals surface area contributed by atoms with Crippen LogP contribution < -0.4 is 0 Å². The van der Waals surface area contributed by atoms with E-state index < -0.39 is 16.2 Å². The van der Waals surface area contributed by atoms with Gasteiger partial charge in [-0.1, -0.05) is 51.3 Å². The summed E-state index contributed by atoms with van der Waals surface area (Å²) >= 11 is 15.2. The number of carboxylic acids is 1. The Kier molecular flexibility index (Phi) is 2.73. The van der Waals surface area contributed by atoms with Crippen LogP contribution in [0, 0.1) is 5.92 Å². The largest absolute Gasteiger partial charge is 0.481 e. The molecule has 80 valence electrons. The van der Waals surface area contributed by atoms with Crippen LogP contribution in [0.5, 0.6) is 0 Å². The van der Waals surface area contributed by atoms with Crippen LogP contribution in [0.2, 0.25) is 0 Å². The van der Waals surface area contributed by atoms with E-state index in [-0.39, 0.29) is 5.92 Å². The van der Waals surface area contributed by atoms with Gasteiger partial charge in [-0.05, 0) is 17.7 Å². The molecule has 0 radical (unpaired) electrons. The molecule has 1 aromatic rings. The molecule has 0 bridgehead atoms. The Morgan fingerprint density at radius 1 is 1.47 bits per heavy atom. The van der Waals surface area contributed by atoms with E-state index in [0.717, 1.165) is 10.0 Å². The molecule has 5 heteroatoms. The molecule has 0 amide bonds. The number of hydrogen-bond donors (Lipinski definition) is 1. The second-order valence-corrected chi connectivity index (χ2v) is 5.88. The van der Waals surface area contributed by atoms with E-state index in [9.17, 15) is 4.79 Å². The van der Waals surface area contributed by atoms with E-state index in [4.69, 9.17) is 28.3 Å². The van der Waals surface area contributed by atoms with E-state index in [0.29, 0.717) is 0 Å². The summed E-state index contributed by atoms with van der Waals surface area (Å²) in [5, 5.41) is 8.91. The fraction of sp³-hybridized carbons (Fsp3) is 0.300. The fourth-order valence-electron chi connectivity index (χ4n) is 1.75. The minimum Gasteiger partial charge on any atom is -0.481 e. The number of carboxylic acid groups (broad SMARTS) is 1. The SMILES string of the molecule is O=C(O)C1C(c2cccc(Br)c2)C1(Cl)Cl. The summed E-state index contributed by atoms with van der Waals surface area (Å²) in [6.45, 7) is 0. The number of rotatable bonds is 2. The van der Waals surface area contributed by atoms with Crippen LogP contribution in [0.15, 0.2) is 28.7 Å². The van der Waals surface area contributed by atoms with Gasteiger partial charge in [0.15, 0.2) is 0 Å². The van der Waals surface area contributed by atoms with Crippen molar-refractivity contribution >= 4 is 45.1 Å². The van der Waals surface area contributed by atoms with Crippen LogP contribution in [0.25, 0.3) is 0 Å². The molecule has 2 nitrogen and oxygen atoms in total. The quantitative estimate of drug-likeness (QED) is 0.850. The summed E-state index contributed by atoms with van der Waals surface area (Å²) < 4.78 is -0.285. The van der Waals surface area contributed by atoms with Crippen molar-refractivity contribution in [2.75, 3.05) is 0 Å². The average molecular weight is 310 g/mol. The van der Waals surface area contributed by atoms with Crippen molar-refractivity contribution in [1.82, 2.24) is 0 Å². The van der Waals surface area contributed by atoms with Gasteiger partial charge in [-0.3, -0.25) is 4.79 Å². The first kappa shape index (κ1) is 11.2. The second-order valence-electron chi connectivity index (χ2n) is 3.52. The minimum atomic E-state index is -1.17. The van der Waals surface area contributed by atoms with Crippen LogP contribution in [0.1, 0.15) is 11.5 Å². The molecule has 2 rings (SSSR count). The van der Waals surface area contributed by atoms with Crippen molar-refractivity contribution in [2.24, 2.45) is 5.92 Å². The standard InChI is InChI=1S/C10H7BrCl2O2/c11-6-3-1-2-5(4-6)7-8(9(14)15)10(7,12)13/h1-4,7-8H,(H,14,15). The van der Waals surface area contributed by atoms with Gasteiger partial charge in [-0.15, -0.1) is 0 Å². The molecule has 1 aromatic carbocycles. The van der Waals surface area contributed by atoms with Crippen LogP contribution >= 0.6 is 39.1 Å². The predicted molar refractivity (Wildman–Crippen MR) is 62.4 cm³/mol. The van der Waals surface area contributed by atoms with E-state index >= 15 is 0 Å². The van der Waals surface area contributed by atoms with Gasteiger partial charge in [0, 0.05) is 10.4 Å². The maximum atomic E-state index is 10.9. The van der Waals surface area contributed by atoms with Gasteiger partial charge in [0.25, 0.3) is 0 Å². The first-order valence-corrected chi connectivity index (χ1v) is 5.85. The van der Waals surface area contributed by atoms with E-state index in [1.54, 1.807) is 0 Å². The Labute approximate surface area is 105 Å². The van der Waals surface area contributed by atoms with Crippen LogP contribution in [-0.2, 0) is 4.79 Å². The number of alkyl halides is 2. The molecule has 0 spiro atoms. The zero-order valence-corrected chi connectivity index (χ0v) is 10.6. The zero-order chi connectivity index (χ0) is 11.2.